The van der Waals surface area contributed by atoms with Crippen molar-refractivity contribution < 1.29 is 4.74 Å². The van der Waals surface area contributed by atoms with E-state index < -0.39 is 5.60 Å². The number of ether oxygens (including phenoxy) is 1. The average Bonchev–Trinajstić information content (AvgIpc) is 3.35. The van der Waals surface area contributed by atoms with Crippen LogP contribution in [0.15, 0.2) is 91.0 Å². The first-order valence-corrected chi connectivity index (χ1v) is 14.7. The van der Waals surface area contributed by atoms with Crippen molar-refractivity contribution in [3.63, 3.8) is 0 Å². The van der Waals surface area contributed by atoms with E-state index in [1.165, 1.54) is 18.4 Å². The molecule has 0 unspecified atom stereocenters. The quantitative estimate of drug-likeness (QED) is 0.110. The van der Waals surface area contributed by atoms with Gasteiger partial charge < -0.3 is 4.74 Å². The van der Waals surface area contributed by atoms with Crippen molar-refractivity contribution in [1.29, 1.82) is 0 Å². The molecule has 0 radical (unpaired) electrons. The van der Waals surface area contributed by atoms with Crippen molar-refractivity contribution in [2.45, 2.75) is 64.0 Å². The summed E-state index contributed by atoms with van der Waals surface area (Å²) in [5, 5.41) is 10.7. The van der Waals surface area contributed by atoms with E-state index in [9.17, 15) is 0 Å². The Balaban J connectivity index is 1.82. The van der Waals surface area contributed by atoms with Crippen molar-refractivity contribution in [2.75, 3.05) is 11.9 Å². The zero-order chi connectivity index (χ0) is 25.8. The van der Waals surface area contributed by atoms with Gasteiger partial charge in [-0.2, -0.15) is 0 Å². The summed E-state index contributed by atoms with van der Waals surface area (Å²) in [5.41, 5.74) is 4.63. The summed E-state index contributed by atoms with van der Waals surface area (Å²) in [6, 6.07) is 31.6. The Kier molecular flexibility index (Phi) is 10.5. The first-order valence-electron chi connectivity index (χ1n) is 13.6. The Morgan fingerprint density at radius 2 is 1.35 bits per heavy atom. The van der Waals surface area contributed by atoms with Gasteiger partial charge in [0.1, 0.15) is 5.69 Å². The lowest BCUT2D eigenvalue weighted by molar-refractivity contribution is 0.00689. The highest BCUT2D eigenvalue weighted by molar-refractivity contribution is 9.09. The molecule has 5 heteroatoms. The molecule has 1 heterocycles. The molecule has 0 N–H and O–H groups in total. The fraction of sp³-hybridized carbons (Fsp3) is 0.375. The standard InChI is InChI=1S/C32H38BrN3O/c1-2-3-23-30-31(34-35-36(30)26-27-17-9-6-10-18-27)32(28-19-11-7-12-20-28,29-21-13-8-14-22-29)37-25-16-5-4-15-24-33/h6-14,17-22H,2-5,15-16,23-26H2,1H3. The van der Waals surface area contributed by atoms with E-state index in [-0.39, 0.29) is 0 Å². The number of unbranched alkanes of at least 4 members (excludes halogenated alkanes) is 4. The molecular formula is C32H38BrN3O. The van der Waals surface area contributed by atoms with Crippen LogP contribution in [-0.2, 0) is 23.3 Å². The molecule has 0 bridgehead atoms. The van der Waals surface area contributed by atoms with Crippen LogP contribution >= 0.6 is 15.9 Å². The minimum atomic E-state index is -0.823. The van der Waals surface area contributed by atoms with Crippen molar-refractivity contribution >= 4 is 15.9 Å². The number of halogens is 1. The fourth-order valence-corrected chi connectivity index (χ4v) is 5.27. The molecule has 4 aromatic rings. The number of benzene rings is 3. The number of aromatic nitrogens is 3. The van der Waals surface area contributed by atoms with Gasteiger partial charge in [-0.3, -0.25) is 0 Å². The molecule has 0 aliphatic rings. The van der Waals surface area contributed by atoms with Crippen LogP contribution in [0.3, 0.4) is 0 Å². The number of rotatable bonds is 15. The minimum absolute atomic E-state index is 0.658. The predicted molar refractivity (Wildman–Crippen MR) is 155 cm³/mol. The highest BCUT2D eigenvalue weighted by Gasteiger charge is 2.42. The molecule has 0 saturated carbocycles. The summed E-state index contributed by atoms with van der Waals surface area (Å²) in [7, 11) is 0. The second-order valence-corrected chi connectivity index (χ2v) is 10.3. The summed E-state index contributed by atoms with van der Waals surface area (Å²) in [4.78, 5) is 0. The molecule has 0 spiro atoms. The van der Waals surface area contributed by atoms with Crippen molar-refractivity contribution in [1.82, 2.24) is 15.0 Å². The van der Waals surface area contributed by atoms with Gasteiger partial charge in [0.25, 0.3) is 0 Å². The monoisotopic (exact) mass is 559 g/mol. The zero-order valence-corrected chi connectivity index (χ0v) is 23.4. The first kappa shape index (κ1) is 27.3. The molecule has 0 fully saturated rings. The maximum atomic E-state index is 7.02. The number of nitrogens with zero attached hydrogens (tertiary/aromatic N) is 3. The van der Waals surface area contributed by atoms with Crippen molar-refractivity contribution in [3.05, 3.63) is 119 Å². The molecule has 194 valence electrons. The molecule has 0 aliphatic carbocycles. The number of hydrogen-bond acceptors (Lipinski definition) is 3. The van der Waals surface area contributed by atoms with Gasteiger partial charge in [-0.1, -0.05) is 138 Å². The van der Waals surface area contributed by atoms with Gasteiger partial charge in [0.05, 0.1) is 12.2 Å². The second-order valence-electron chi connectivity index (χ2n) is 9.50. The molecule has 3 aromatic carbocycles. The highest BCUT2D eigenvalue weighted by Crippen LogP contribution is 2.41. The summed E-state index contributed by atoms with van der Waals surface area (Å²) >= 11 is 3.55. The second kappa shape index (κ2) is 14.3. The van der Waals surface area contributed by atoms with Crippen LogP contribution in [0, 0.1) is 0 Å². The third-order valence-corrected chi connectivity index (χ3v) is 7.38. The lowest BCUT2D eigenvalue weighted by atomic mass is 9.81. The molecule has 0 amide bonds. The lowest BCUT2D eigenvalue weighted by Gasteiger charge is -2.34. The van der Waals surface area contributed by atoms with Crippen LogP contribution in [-0.4, -0.2) is 26.9 Å². The predicted octanol–water partition coefficient (Wildman–Crippen LogP) is 7.93. The molecular weight excluding hydrogens is 522 g/mol. The molecule has 0 aliphatic heterocycles. The number of alkyl halides is 1. The molecule has 1 aromatic heterocycles. The molecule has 0 saturated heterocycles. The summed E-state index contributed by atoms with van der Waals surface area (Å²) in [5.74, 6) is 0. The van der Waals surface area contributed by atoms with E-state index in [0.29, 0.717) is 13.2 Å². The van der Waals surface area contributed by atoms with Crippen LogP contribution in [0.4, 0.5) is 0 Å². The van der Waals surface area contributed by atoms with E-state index in [1.54, 1.807) is 0 Å². The Labute approximate surface area is 230 Å². The molecule has 0 atom stereocenters. The van der Waals surface area contributed by atoms with E-state index in [1.807, 2.05) is 0 Å². The fourth-order valence-electron chi connectivity index (χ4n) is 4.88. The Hall–Kier alpha value is -2.76. The average molecular weight is 561 g/mol. The zero-order valence-electron chi connectivity index (χ0n) is 21.9. The van der Waals surface area contributed by atoms with Crippen LogP contribution in [0.25, 0.3) is 0 Å². The SMILES string of the molecule is CCCCc1c(C(OCCCCCCBr)(c2ccccc2)c2ccccc2)nnn1Cc1ccccc1. The summed E-state index contributed by atoms with van der Waals surface area (Å²) < 4.78 is 9.11. The topological polar surface area (TPSA) is 39.9 Å². The van der Waals surface area contributed by atoms with Crippen LogP contribution in [0.5, 0.6) is 0 Å². The smallest absolute Gasteiger partial charge is 0.164 e. The summed E-state index contributed by atoms with van der Waals surface area (Å²) in [6.45, 7) is 3.58. The maximum Gasteiger partial charge on any atom is 0.164 e. The van der Waals surface area contributed by atoms with Gasteiger partial charge in [0.15, 0.2) is 5.60 Å². The van der Waals surface area contributed by atoms with E-state index in [0.717, 1.165) is 59.9 Å². The van der Waals surface area contributed by atoms with E-state index in [2.05, 4.69) is 119 Å². The Morgan fingerprint density at radius 3 is 1.95 bits per heavy atom. The van der Waals surface area contributed by atoms with Crippen LogP contribution in [0.2, 0.25) is 0 Å². The van der Waals surface area contributed by atoms with E-state index in [4.69, 9.17) is 15.0 Å². The van der Waals surface area contributed by atoms with Gasteiger partial charge >= 0.3 is 0 Å². The third-order valence-electron chi connectivity index (χ3n) is 6.82. The van der Waals surface area contributed by atoms with Gasteiger partial charge in [0.2, 0.25) is 0 Å². The molecule has 4 nitrogen and oxygen atoms in total. The normalized spacial score (nSPS) is 11.6. The third kappa shape index (κ3) is 6.77. The van der Waals surface area contributed by atoms with E-state index >= 15 is 0 Å². The van der Waals surface area contributed by atoms with Crippen molar-refractivity contribution in [3.8, 4) is 0 Å². The largest absolute Gasteiger partial charge is 0.359 e. The maximum absolute atomic E-state index is 7.02. The molecule has 4 rings (SSSR count). The van der Waals surface area contributed by atoms with Gasteiger partial charge in [0, 0.05) is 11.9 Å². The Morgan fingerprint density at radius 1 is 0.757 bits per heavy atom. The Bertz CT molecular complexity index is 1140. The van der Waals surface area contributed by atoms with Crippen molar-refractivity contribution in [2.24, 2.45) is 0 Å². The number of hydrogen-bond donors (Lipinski definition) is 0. The first-order chi connectivity index (χ1) is 18.3. The van der Waals surface area contributed by atoms with Crippen LogP contribution < -0.4 is 0 Å². The van der Waals surface area contributed by atoms with Gasteiger partial charge in [-0.05, 0) is 42.4 Å². The van der Waals surface area contributed by atoms with Crippen LogP contribution in [0.1, 0.15) is 73.5 Å². The van der Waals surface area contributed by atoms with Gasteiger partial charge in [-0.25, -0.2) is 4.68 Å². The minimum Gasteiger partial charge on any atom is -0.359 e. The van der Waals surface area contributed by atoms with Gasteiger partial charge in [-0.15, -0.1) is 5.10 Å². The summed E-state index contributed by atoms with van der Waals surface area (Å²) in [6.07, 6.45) is 7.63. The lowest BCUT2D eigenvalue weighted by Crippen LogP contribution is -2.35. The highest BCUT2D eigenvalue weighted by atomic mass is 79.9. The molecule has 37 heavy (non-hydrogen) atoms.